The smallest absolute Gasteiger partial charge is 0.305 e. The first-order valence-electron chi connectivity index (χ1n) is 9.04. The molecule has 29 heavy (non-hydrogen) atoms. The number of amides is 1. The first kappa shape index (κ1) is 22.3. The Labute approximate surface area is 170 Å². The maximum absolute atomic E-state index is 12.6. The third kappa shape index (κ3) is 6.53. The number of ether oxygens (including phenoxy) is 1. The minimum absolute atomic E-state index is 0.0464. The van der Waals surface area contributed by atoms with E-state index in [1.54, 1.807) is 55.5 Å². The van der Waals surface area contributed by atoms with Gasteiger partial charge in [-0.3, -0.25) is 19.1 Å². The van der Waals surface area contributed by atoms with E-state index in [0.29, 0.717) is 16.7 Å². The minimum atomic E-state index is -3.88. The van der Waals surface area contributed by atoms with Gasteiger partial charge in [0.25, 0.3) is 0 Å². The monoisotopic (exact) mass is 417 g/mol. The molecule has 0 saturated heterocycles. The normalized spacial score (nSPS) is 12.1. The molecule has 1 unspecified atom stereocenters. The van der Waals surface area contributed by atoms with Gasteiger partial charge in [0.15, 0.2) is 5.78 Å². The molecule has 2 aromatic rings. The van der Waals surface area contributed by atoms with Crippen LogP contribution in [0.3, 0.4) is 0 Å². The van der Waals surface area contributed by atoms with E-state index in [9.17, 15) is 22.8 Å². The number of carbonyl (C=O) groups excluding carboxylic acids is 3. The van der Waals surface area contributed by atoms with Crippen LogP contribution in [0.25, 0.3) is 0 Å². The van der Waals surface area contributed by atoms with Gasteiger partial charge in [0.05, 0.1) is 18.8 Å². The largest absolute Gasteiger partial charge is 0.469 e. The summed E-state index contributed by atoms with van der Waals surface area (Å²) >= 11 is 0. The molecule has 154 valence electrons. The molecule has 7 nitrogen and oxygen atoms in total. The maximum atomic E-state index is 12.6. The van der Waals surface area contributed by atoms with Gasteiger partial charge in [-0.25, -0.2) is 8.42 Å². The van der Waals surface area contributed by atoms with Crippen LogP contribution in [-0.2, 0) is 24.3 Å². The van der Waals surface area contributed by atoms with Crippen LogP contribution in [0.15, 0.2) is 54.6 Å². The van der Waals surface area contributed by atoms with Gasteiger partial charge in [-0.2, -0.15) is 0 Å². The number of esters is 1. The molecule has 0 heterocycles. The van der Waals surface area contributed by atoms with Gasteiger partial charge < -0.3 is 4.74 Å². The summed E-state index contributed by atoms with van der Waals surface area (Å²) in [5, 5.41) is 0. The van der Waals surface area contributed by atoms with Crippen LogP contribution in [0.1, 0.15) is 47.2 Å². The molecule has 2 rings (SSSR count). The molecule has 0 aromatic heterocycles. The predicted octanol–water partition coefficient (Wildman–Crippen LogP) is 2.42. The quantitative estimate of drug-likeness (QED) is 0.496. The van der Waals surface area contributed by atoms with Gasteiger partial charge in [0.1, 0.15) is 0 Å². The fraction of sp³-hybridized carbons (Fsp3) is 0.286. The lowest BCUT2D eigenvalue weighted by atomic mass is 9.95. The molecule has 0 spiro atoms. The first-order chi connectivity index (χ1) is 13.7. The minimum Gasteiger partial charge on any atom is -0.469 e. The lowest BCUT2D eigenvalue weighted by Gasteiger charge is -2.14. The summed E-state index contributed by atoms with van der Waals surface area (Å²) in [5.74, 6) is -2.55. The zero-order chi connectivity index (χ0) is 21.4. The van der Waals surface area contributed by atoms with Crippen molar-refractivity contribution in [1.29, 1.82) is 0 Å². The van der Waals surface area contributed by atoms with Crippen molar-refractivity contribution in [3.05, 3.63) is 71.3 Å². The molecule has 0 aliphatic heterocycles. The second kappa shape index (κ2) is 9.97. The summed E-state index contributed by atoms with van der Waals surface area (Å²) < 4.78 is 30.6. The molecule has 0 aliphatic carbocycles. The van der Waals surface area contributed by atoms with Gasteiger partial charge in [-0.05, 0) is 25.0 Å². The molecule has 1 amide bonds. The highest BCUT2D eigenvalue weighted by atomic mass is 32.2. The van der Waals surface area contributed by atoms with Gasteiger partial charge >= 0.3 is 5.97 Å². The summed E-state index contributed by atoms with van der Waals surface area (Å²) in [4.78, 5) is 36.1. The van der Waals surface area contributed by atoms with Gasteiger partial charge in [0.2, 0.25) is 15.9 Å². The topological polar surface area (TPSA) is 107 Å². The van der Waals surface area contributed by atoms with Crippen LogP contribution in [-0.4, -0.2) is 38.9 Å². The van der Waals surface area contributed by atoms with E-state index in [1.807, 2.05) is 10.8 Å². The van der Waals surface area contributed by atoms with Crippen LogP contribution in [0.5, 0.6) is 0 Å². The van der Waals surface area contributed by atoms with Crippen LogP contribution in [0, 0.1) is 0 Å². The van der Waals surface area contributed by atoms with Crippen molar-refractivity contribution in [2.75, 3.05) is 12.9 Å². The van der Waals surface area contributed by atoms with Crippen LogP contribution in [0.2, 0.25) is 0 Å². The van der Waals surface area contributed by atoms with E-state index >= 15 is 0 Å². The van der Waals surface area contributed by atoms with Crippen molar-refractivity contribution >= 4 is 27.7 Å². The molecule has 0 saturated carbocycles. The highest BCUT2D eigenvalue weighted by Gasteiger charge is 2.22. The fourth-order valence-electron chi connectivity index (χ4n) is 2.66. The molecular weight excluding hydrogens is 394 g/mol. The Balaban J connectivity index is 2.06. The first-order valence-corrected chi connectivity index (χ1v) is 10.7. The molecule has 8 heteroatoms. The summed E-state index contributed by atoms with van der Waals surface area (Å²) in [6.45, 7) is 1.56. The summed E-state index contributed by atoms with van der Waals surface area (Å²) in [6, 6.07) is 15.3. The number of ketones is 1. The van der Waals surface area contributed by atoms with E-state index < -0.39 is 27.8 Å². The number of benzene rings is 2. The molecule has 0 bridgehead atoms. The van der Waals surface area contributed by atoms with Crippen molar-refractivity contribution in [3.63, 3.8) is 0 Å². The molecular formula is C21H23NO6S. The fourth-order valence-corrected chi connectivity index (χ4v) is 3.77. The van der Waals surface area contributed by atoms with E-state index in [4.69, 9.17) is 0 Å². The Hall–Kier alpha value is -3.00. The average molecular weight is 417 g/mol. The predicted molar refractivity (Wildman–Crippen MR) is 108 cm³/mol. The van der Waals surface area contributed by atoms with Crippen LogP contribution in [0.4, 0.5) is 0 Å². The standard InChI is InChI=1S/C21H23NO6S/c1-15(21(25)22-29(26,27)13-7-12-19(23)28-2)17-10-6-11-18(14-17)20(24)16-8-4-3-5-9-16/h3-6,8-11,14-15H,7,12-13H2,1-2H3,(H,22,25). The Morgan fingerprint density at radius 2 is 1.66 bits per heavy atom. The van der Waals surface area contributed by atoms with Gasteiger partial charge in [-0.15, -0.1) is 0 Å². The van der Waals surface area contributed by atoms with E-state index in [2.05, 4.69) is 4.74 Å². The zero-order valence-corrected chi connectivity index (χ0v) is 17.1. The Bertz CT molecular complexity index is 985. The van der Waals surface area contributed by atoms with Crippen molar-refractivity contribution < 1.29 is 27.5 Å². The number of nitrogens with one attached hydrogen (secondary N) is 1. The van der Waals surface area contributed by atoms with Crippen molar-refractivity contribution in [2.45, 2.75) is 25.7 Å². The number of methoxy groups -OCH3 is 1. The Morgan fingerprint density at radius 1 is 1.00 bits per heavy atom. The van der Waals surface area contributed by atoms with Crippen LogP contribution < -0.4 is 4.72 Å². The lowest BCUT2D eigenvalue weighted by Crippen LogP contribution is -2.35. The highest BCUT2D eigenvalue weighted by molar-refractivity contribution is 7.90. The average Bonchev–Trinajstić information content (AvgIpc) is 2.72. The summed E-state index contributed by atoms with van der Waals surface area (Å²) in [6.07, 6.45) is -0.00444. The number of hydrogen-bond acceptors (Lipinski definition) is 6. The second-order valence-corrected chi connectivity index (χ2v) is 8.35. The highest BCUT2D eigenvalue weighted by Crippen LogP contribution is 2.19. The third-order valence-corrected chi connectivity index (χ3v) is 5.69. The number of rotatable bonds is 9. The lowest BCUT2D eigenvalue weighted by molar-refractivity contribution is -0.140. The molecule has 0 aliphatic rings. The SMILES string of the molecule is COC(=O)CCCS(=O)(=O)NC(=O)C(C)c1cccc(C(=O)c2ccccc2)c1. The van der Waals surface area contributed by atoms with E-state index in [1.165, 1.54) is 7.11 Å². The molecule has 1 N–H and O–H groups in total. The summed E-state index contributed by atoms with van der Waals surface area (Å²) in [7, 11) is -2.66. The van der Waals surface area contributed by atoms with Gasteiger partial charge in [0, 0.05) is 17.5 Å². The number of carbonyl (C=O) groups is 3. The Kier molecular flexibility index (Phi) is 7.67. The maximum Gasteiger partial charge on any atom is 0.305 e. The van der Waals surface area contributed by atoms with E-state index in [-0.39, 0.29) is 24.4 Å². The van der Waals surface area contributed by atoms with Gasteiger partial charge in [-0.1, -0.05) is 48.5 Å². The summed E-state index contributed by atoms with van der Waals surface area (Å²) in [5.41, 5.74) is 1.46. The number of hydrogen-bond donors (Lipinski definition) is 1. The van der Waals surface area contributed by atoms with E-state index in [0.717, 1.165) is 0 Å². The molecule has 0 radical (unpaired) electrons. The zero-order valence-electron chi connectivity index (χ0n) is 16.3. The van der Waals surface area contributed by atoms with Crippen molar-refractivity contribution in [1.82, 2.24) is 4.72 Å². The second-order valence-electron chi connectivity index (χ2n) is 6.51. The number of sulfonamides is 1. The Morgan fingerprint density at radius 3 is 2.31 bits per heavy atom. The molecule has 1 atom stereocenters. The molecule has 2 aromatic carbocycles. The van der Waals surface area contributed by atoms with Crippen molar-refractivity contribution in [3.8, 4) is 0 Å². The molecule has 0 fully saturated rings. The van der Waals surface area contributed by atoms with Crippen LogP contribution >= 0.6 is 0 Å². The van der Waals surface area contributed by atoms with Crippen molar-refractivity contribution in [2.24, 2.45) is 0 Å². The third-order valence-electron chi connectivity index (χ3n) is 4.36.